The Hall–Kier alpha value is -4.15. The smallest absolute Gasteiger partial charge is 0.456 e. The van der Waals surface area contributed by atoms with Crippen molar-refractivity contribution in [3.63, 3.8) is 0 Å². The number of halogens is 3. The third-order valence-electron chi connectivity index (χ3n) is 6.25. The minimum atomic E-state index is -5.90. The zero-order valence-corrected chi connectivity index (χ0v) is 21.8. The predicted octanol–water partition coefficient (Wildman–Crippen LogP) is 5.51. The molecule has 39 heavy (non-hydrogen) atoms. The number of carbonyl (C=O) groups is 1. The quantitative estimate of drug-likeness (QED) is 0.228. The fourth-order valence-corrected chi connectivity index (χ4v) is 5.17. The van der Waals surface area contributed by atoms with Crippen LogP contribution in [0.1, 0.15) is 58.9 Å². The molecule has 2 aliphatic heterocycles. The van der Waals surface area contributed by atoms with Gasteiger partial charge in [-0.15, -0.1) is 0 Å². The van der Waals surface area contributed by atoms with Crippen molar-refractivity contribution in [1.29, 1.82) is 0 Å². The minimum absolute atomic E-state index is 0.00679. The zero-order valence-electron chi connectivity index (χ0n) is 21.0. The lowest BCUT2D eigenvalue weighted by Crippen LogP contribution is -2.35. The molecule has 2 heterocycles. The SMILES string of the molecule is Cc1ccc2c(c1)Oc1cc(OS(=O)(=O)C(F)(F)F)ccc1C21OC(=O)c2cccc(C(C)(C)C)c21.O=C=O. The van der Waals surface area contributed by atoms with Gasteiger partial charge in [-0.05, 0) is 47.7 Å². The summed E-state index contributed by atoms with van der Waals surface area (Å²) in [6, 6.07) is 14.2. The summed E-state index contributed by atoms with van der Waals surface area (Å²) in [5, 5.41) is 0. The van der Waals surface area contributed by atoms with Gasteiger partial charge in [0.1, 0.15) is 17.2 Å². The van der Waals surface area contributed by atoms with Crippen LogP contribution in [0.2, 0.25) is 0 Å². The fourth-order valence-electron chi connectivity index (χ4n) is 4.72. The first-order valence-electron chi connectivity index (χ1n) is 11.4. The van der Waals surface area contributed by atoms with Crippen molar-refractivity contribution in [2.75, 3.05) is 0 Å². The number of benzene rings is 3. The Morgan fingerprint density at radius 3 is 2.10 bits per heavy atom. The molecule has 0 N–H and O–H groups in total. The summed E-state index contributed by atoms with van der Waals surface area (Å²) in [4.78, 5) is 29.4. The third-order valence-corrected chi connectivity index (χ3v) is 7.23. The molecule has 1 unspecified atom stereocenters. The summed E-state index contributed by atoms with van der Waals surface area (Å²) in [7, 11) is -5.90. The number of hydrogen-bond acceptors (Lipinski definition) is 8. The van der Waals surface area contributed by atoms with Gasteiger partial charge in [0.25, 0.3) is 0 Å². The molecule has 0 saturated carbocycles. The lowest BCUT2D eigenvalue weighted by atomic mass is 9.71. The van der Waals surface area contributed by atoms with Crippen LogP contribution in [0, 0.1) is 6.92 Å². The van der Waals surface area contributed by atoms with E-state index in [9.17, 15) is 26.4 Å². The van der Waals surface area contributed by atoms with Crippen molar-refractivity contribution in [3.8, 4) is 17.2 Å². The number of alkyl halides is 3. The summed E-state index contributed by atoms with van der Waals surface area (Å²) >= 11 is 0. The minimum Gasteiger partial charge on any atom is -0.456 e. The summed E-state index contributed by atoms with van der Waals surface area (Å²) in [5.74, 6) is -0.823. The van der Waals surface area contributed by atoms with Crippen LogP contribution >= 0.6 is 0 Å². The van der Waals surface area contributed by atoms with E-state index < -0.39 is 38.4 Å². The number of rotatable bonds is 2. The molecule has 0 radical (unpaired) electrons. The van der Waals surface area contributed by atoms with E-state index in [1.54, 1.807) is 24.3 Å². The highest BCUT2D eigenvalue weighted by atomic mass is 32.2. The molecule has 3 aromatic carbocycles. The highest BCUT2D eigenvalue weighted by molar-refractivity contribution is 7.88. The van der Waals surface area contributed by atoms with Gasteiger partial charge in [0.05, 0.1) is 5.56 Å². The van der Waals surface area contributed by atoms with Crippen LogP contribution in [-0.4, -0.2) is 26.0 Å². The van der Waals surface area contributed by atoms with Crippen LogP contribution in [-0.2, 0) is 35.5 Å². The molecule has 5 rings (SSSR count). The van der Waals surface area contributed by atoms with Gasteiger partial charge in [0, 0.05) is 22.8 Å². The van der Waals surface area contributed by atoms with Crippen LogP contribution in [0.3, 0.4) is 0 Å². The Morgan fingerprint density at radius 2 is 1.51 bits per heavy atom. The lowest BCUT2D eigenvalue weighted by molar-refractivity contribution is -0.191. The van der Waals surface area contributed by atoms with Gasteiger partial charge in [0.15, 0.2) is 5.60 Å². The van der Waals surface area contributed by atoms with Gasteiger partial charge in [-0.25, -0.2) is 4.79 Å². The third kappa shape index (κ3) is 4.55. The average Bonchev–Trinajstić information content (AvgIpc) is 3.10. The van der Waals surface area contributed by atoms with Crippen LogP contribution in [0.4, 0.5) is 13.2 Å². The first-order valence-corrected chi connectivity index (χ1v) is 12.8. The van der Waals surface area contributed by atoms with E-state index >= 15 is 0 Å². The van der Waals surface area contributed by atoms with Crippen molar-refractivity contribution in [1.82, 2.24) is 0 Å². The fraction of sp³-hybridized carbons (Fsp3) is 0.259. The lowest BCUT2D eigenvalue weighted by Gasteiger charge is -2.39. The molecule has 2 aliphatic rings. The molecule has 0 bridgehead atoms. The first kappa shape index (κ1) is 27.9. The van der Waals surface area contributed by atoms with E-state index in [0.717, 1.165) is 23.3 Å². The van der Waals surface area contributed by atoms with Crippen LogP contribution < -0.4 is 8.92 Å². The number of hydrogen-bond donors (Lipinski definition) is 0. The number of fused-ring (bicyclic) bond motifs is 6. The van der Waals surface area contributed by atoms with Crippen LogP contribution in [0.15, 0.2) is 54.6 Å². The summed E-state index contributed by atoms with van der Waals surface area (Å²) in [6.45, 7) is 7.81. The Balaban J connectivity index is 0.00000112. The van der Waals surface area contributed by atoms with E-state index in [4.69, 9.17) is 19.1 Å². The van der Waals surface area contributed by atoms with Gasteiger partial charge < -0.3 is 13.7 Å². The molecule has 0 fully saturated rings. The normalized spacial score (nSPS) is 17.5. The zero-order chi connectivity index (χ0) is 29.0. The maximum absolute atomic E-state index is 13.2. The molecule has 12 heteroatoms. The number of aryl methyl sites for hydroxylation is 1. The van der Waals surface area contributed by atoms with Gasteiger partial charge in [-0.1, -0.05) is 45.0 Å². The monoisotopic (exact) mass is 562 g/mol. The molecule has 3 aromatic rings. The van der Waals surface area contributed by atoms with Crippen LogP contribution in [0.5, 0.6) is 17.2 Å². The highest BCUT2D eigenvalue weighted by Gasteiger charge is 2.55. The predicted molar refractivity (Wildman–Crippen MR) is 129 cm³/mol. The summed E-state index contributed by atoms with van der Waals surface area (Å²) in [6.07, 6.45) is 0.250. The second-order valence-corrected chi connectivity index (χ2v) is 11.4. The number of carbonyl (C=O) groups excluding carboxylic acids is 3. The molecule has 0 aromatic heterocycles. The van der Waals surface area contributed by atoms with Crippen LogP contribution in [0.25, 0.3) is 0 Å². The molecule has 0 aliphatic carbocycles. The average molecular weight is 563 g/mol. The Morgan fingerprint density at radius 1 is 0.923 bits per heavy atom. The number of esters is 1. The Labute approximate surface area is 221 Å². The maximum atomic E-state index is 13.2. The first-order chi connectivity index (χ1) is 18.1. The molecule has 1 spiro atoms. The summed E-state index contributed by atoms with van der Waals surface area (Å²) in [5.41, 5.74) is -3.96. The van der Waals surface area contributed by atoms with Crippen molar-refractivity contribution in [2.24, 2.45) is 0 Å². The highest BCUT2D eigenvalue weighted by Crippen LogP contribution is 2.58. The van der Waals surface area contributed by atoms with Gasteiger partial charge in [-0.2, -0.15) is 31.2 Å². The van der Waals surface area contributed by atoms with Crippen molar-refractivity contribution in [2.45, 2.75) is 44.2 Å². The largest absolute Gasteiger partial charge is 0.534 e. The molecule has 0 saturated heterocycles. The van der Waals surface area contributed by atoms with Gasteiger partial charge in [-0.3, -0.25) is 0 Å². The van der Waals surface area contributed by atoms with Gasteiger partial charge >= 0.3 is 27.7 Å². The van der Waals surface area contributed by atoms with E-state index in [1.165, 1.54) is 6.07 Å². The molecule has 0 amide bonds. The van der Waals surface area contributed by atoms with Gasteiger partial charge in [0.2, 0.25) is 0 Å². The molecular weight excluding hydrogens is 541 g/mol. The second kappa shape index (κ2) is 9.25. The summed E-state index contributed by atoms with van der Waals surface area (Å²) < 4.78 is 78.3. The van der Waals surface area contributed by atoms with E-state index in [1.807, 2.05) is 39.8 Å². The second-order valence-electron chi connectivity index (χ2n) is 9.88. The van der Waals surface area contributed by atoms with Crippen molar-refractivity contribution < 1.29 is 49.6 Å². The number of ether oxygens (including phenoxy) is 2. The molecular formula is C27H21F3O8S. The Kier molecular flexibility index (Phi) is 6.61. The maximum Gasteiger partial charge on any atom is 0.534 e. The standard InChI is InChI=1S/C26H21F3O6S.CO2/c1-14-8-10-17-20(12-14)33-21-13-15(35-36(31,32)26(27,28)29)9-11-18(21)25(17)22-16(23(30)34-25)6-5-7-19(22)24(2,3)4;2-1-3/h5-13H,1-4H3;. The van der Waals surface area contributed by atoms with E-state index in [2.05, 4.69) is 4.18 Å². The topological polar surface area (TPSA) is 113 Å². The molecule has 8 nitrogen and oxygen atoms in total. The van der Waals surface area contributed by atoms with E-state index in [0.29, 0.717) is 28.0 Å². The van der Waals surface area contributed by atoms with E-state index in [-0.39, 0.29) is 11.9 Å². The van der Waals surface area contributed by atoms with Crippen molar-refractivity contribution >= 4 is 22.2 Å². The molecule has 204 valence electrons. The molecule has 1 atom stereocenters. The Bertz CT molecular complexity index is 1630. The van der Waals surface area contributed by atoms with Crippen molar-refractivity contribution in [3.05, 3.63) is 88.0 Å².